The molecule has 7 nitrogen and oxygen atoms in total. The number of hydrazine groups is 1. The summed E-state index contributed by atoms with van der Waals surface area (Å²) in [4.78, 5) is 26.2. The van der Waals surface area contributed by atoms with E-state index in [1.807, 2.05) is 6.07 Å². The fourth-order valence-corrected chi connectivity index (χ4v) is 1.66. The predicted molar refractivity (Wildman–Crippen MR) is 77.6 cm³/mol. The van der Waals surface area contributed by atoms with Crippen molar-refractivity contribution < 1.29 is 14.3 Å². The first-order valence-corrected chi connectivity index (χ1v) is 6.51. The molecule has 2 aromatic rings. The highest BCUT2D eigenvalue weighted by Crippen LogP contribution is 2.17. The van der Waals surface area contributed by atoms with E-state index >= 15 is 0 Å². The standard InChI is InChI=1S/C15H14N4O3/c1-10(22-13-7-3-2-5-11(13)9-16)14(20)18-19-15(21)12-6-4-8-17-12/h2-8,10,17H,1H3,(H,18,20)(H,19,21). The highest BCUT2D eigenvalue weighted by Gasteiger charge is 2.17. The molecule has 0 aliphatic rings. The minimum absolute atomic E-state index is 0.309. The molecule has 0 aliphatic carbocycles. The van der Waals surface area contributed by atoms with E-state index in [-0.39, 0.29) is 0 Å². The molecule has 2 amide bonds. The van der Waals surface area contributed by atoms with Crippen LogP contribution in [0.25, 0.3) is 0 Å². The Bertz CT molecular complexity index is 704. The molecule has 22 heavy (non-hydrogen) atoms. The number of hydrogen-bond acceptors (Lipinski definition) is 4. The molecule has 1 heterocycles. The molecular weight excluding hydrogens is 284 g/mol. The first kappa shape index (κ1) is 15.1. The predicted octanol–water partition coefficient (Wildman–Crippen LogP) is 1.11. The van der Waals surface area contributed by atoms with Crippen LogP contribution < -0.4 is 15.6 Å². The number of ether oxygens (including phenoxy) is 1. The van der Waals surface area contributed by atoms with E-state index in [1.54, 1.807) is 42.6 Å². The summed E-state index contributed by atoms with van der Waals surface area (Å²) in [5, 5.41) is 8.96. The average Bonchev–Trinajstić information content (AvgIpc) is 3.07. The Morgan fingerprint density at radius 2 is 2.00 bits per heavy atom. The number of benzene rings is 1. The van der Waals surface area contributed by atoms with Gasteiger partial charge >= 0.3 is 0 Å². The summed E-state index contributed by atoms with van der Waals surface area (Å²) in [5.74, 6) is -0.695. The van der Waals surface area contributed by atoms with E-state index in [1.165, 1.54) is 6.92 Å². The zero-order valence-corrected chi connectivity index (χ0v) is 11.8. The van der Waals surface area contributed by atoms with Crippen LogP contribution in [-0.4, -0.2) is 22.9 Å². The van der Waals surface area contributed by atoms with Gasteiger partial charge in [-0.3, -0.25) is 20.4 Å². The Kier molecular flexibility index (Phi) is 4.78. The molecule has 1 unspecified atom stereocenters. The summed E-state index contributed by atoms with van der Waals surface area (Å²) in [5.41, 5.74) is 5.18. The average molecular weight is 298 g/mol. The molecule has 2 rings (SSSR count). The maximum Gasteiger partial charge on any atom is 0.286 e. The van der Waals surface area contributed by atoms with E-state index in [0.29, 0.717) is 17.0 Å². The maximum absolute atomic E-state index is 11.9. The van der Waals surface area contributed by atoms with Gasteiger partial charge in [-0.25, -0.2) is 0 Å². The molecule has 0 saturated heterocycles. The van der Waals surface area contributed by atoms with Crippen LogP contribution in [0.3, 0.4) is 0 Å². The minimum Gasteiger partial charge on any atom is -0.479 e. The molecule has 1 aromatic heterocycles. The van der Waals surface area contributed by atoms with Gasteiger partial charge < -0.3 is 9.72 Å². The third-order valence-electron chi connectivity index (χ3n) is 2.82. The quantitative estimate of drug-likeness (QED) is 0.735. The van der Waals surface area contributed by atoms with E-state index in [0.717, 1.165) is 0 Å². The number of nitrogens with zero attached hydrogens (tertiary/aromatic N) is 1. The summed E-state index contributed by atoms with van der Waals surface area (Å²) in [6, 6.07) is 11.8. The highest BCUT2D eigenvalue weighted by molar-refractivity contribution is 5.94. The van der Waals surface area contributed by atoms with Crippen LogP contribution in [-0.2, 0) is 4.79 Å². The normalized spacial score (nSPS) is 11.1. The van der Waals surface area contributed by atoms with Crippen molar-refractivity contribution in [2.24, 2.45) is 0 Å². The van der Waals surface area contributed by atoms with Crippen LogP contribution in [0.15, 0.2) is 42.6 Å². The van der Waals surface area contributed by atoms with Gasteiger partial charge in [0.15, 0.2) is 6.10 Å². The summed E-state index contributed by atoms with van der Waals surface area (Å²) in [6.07, 6.45) is 0.722. The van der Waals surface area contributed by atoms with E-state index in [9.17, 15) is 9.59 Å². The Balaban J connectivity index is 1.90. The van der Waals surface area contributed by atoms with Crippen molar-refractivity contribution in [3.63, 3.8) is 0 Å². The van der Waals surface area contributed by atoms with Crippen LogP contribution in [0, 0.1) is 11.3 Å². The first-order valence-electron chi connectivity index (χ1n) is 6.51. The van der Waals surface area contributed by atoms with Gasteiger partial charge in [0.25, 0.3) is 11.8 Å². The van der Waals surface area contributed by atoms with Gasteiger partial charge in [-0.05, 0) is 31.2 Å². The van der Waals surface area contributed by atoms with Crippen LogP contribution in [0.4, 0.5) is 0 Å². The zero-order valence-electron chi connectivity index (χ0n) is 11.8. The Morgan fingerprint density at radius 1 is 1.23 bits per heavy atom. The molecule has 0 aliphatic heterocycles. The fraction of sp³-hybridized carbons (Fsp3) is 0.133. The lowest BCUT2D eigenvalue weighted by Crippen LogP contribution is -2.47. The highest BCUT2D eigenvalue weighted by atomic mass is 16.5. The number of carbonyl (C=O) groups is 2. The molecule has 112 valence electrons. The van der Waals surface area contributed by atoms with Gasteiger partial charge in [0, 0.05) is 6.20 Å². The number of carbonyl (C=O) groups excluding carboxylic acids is 2. The van der Waals surface area contributed by atoms with Gasteiger partial charge in [-0.2, -0.15) is 5.26 Å². The van der Waals surface area contributed by atoms with Crippen molar-refractivity contribution in [1.29, 1.82) is 5.26 Å². The van der Waals surface area contributed by atoms with Crippen molar-refractivity contribution in [3.8, 4) is 11.8 Å². The summed E-state index contributed by atoms with van der Waals surface area (Å²) >= 11 is 0. The Morgan fingerprint density at radius 3 is 2.68 bits per heavy atom. The summed E-state index contributed by atoms with van der Waals surface area (Å²) < 4.78 is 5.43. The molecule has 0 saturated carbocycles. The molecular formula is C15H14N4O3. The van der Waals surface area contributed by atoms with Crippen LogP contribution in [0.1, 0.15) is 23.0 Å². The third-order valence-corrected chi connectivity index (χ3v) is 2.82. The lowest BCUT2D eigenvalue weighted by molar-refractivity contribution is -0.128. The number of H-pyrrole nitrogens is 1. The van der Waals surface area contributed by atoms with Crippen molar-refractivity contribution in [3.05, 3.63) is 53.9 Å². The molecule has 0 bridgehead atoms. The van der Waals surface area contributed by atoms with Gasteiger partial charge in [0.2, 0.25) is 0 Å². The summed E-state index contributed by atoms with van der Waals surface area (Å²) in [7, 11) is 0. The number of amides is 2. The maximum atomic E-state index is 11.9. The molecule has 0 radical (unpaired) electrons. The molecule has 3 N–H and O–H groups in total. The summed E-state index contributed by atoms with van der Waals surface area (Å²) in [6.45, 7) is 1.52. The second kappa shape index (κ2) is 6.95. The van der Waals surface area contributed by atoms with Crippen LogP contribution in [0.2, 0.25) is 0 Å². The Labute approximate surface area is 126 Å². The fourth-order valence-electron chi connectivity index (χ4n) is 1.66. The van der Waals surface area contributed by atoms with Gasteiger partial charge in [-0.15, -0.1) is 0 Å². The number of aromatic amines is 1. The topological polar surface area (TPSA) is 107 Å². The largest absolute Gasteiger partial charge is 0.479 e. The van der Waals surface area contributed by atoms with E-state index in [4.69, 9.17) is 10.00 Å². The van der Waals surface area contributed by atoms with E-state index in [2.05, 4.69) is 15.8 Å². The first-order chi connectivity index (χ1) is 10.6. The second-order valence-electron chi connectivity index (χ2n) is 4.40. The van der Waals surface area contributed by atoms with Gasteiger partial charge in [-0.1, -0.05) is 12.1 Å². The number of aromatic nitrogens is 1. The van der Waals surface area contributed by atoms with Crippen molar-refractivity contribution >= 4 is 11.8 Å². The van der Waals surface area contributed by atoms with Gasteiger partial charge in [0.1, 0.15) is 17.5 Å². The van der Waals surface area contributed by atoms with E-state index < -0.39 is 17.9 Å². The minimum atomic E-state index is -0.876. The molecule has 0 spiro atoms. The lowest BCUT2D eigenvalue weighted by atomic mass is 10.2. The third kappa shape index (κ3) is 3.64. The second-order valence-corrected chi connectivity index (χ2v) is 4.40. The molecule has 1 atom stereocenters. The molecule has 1 aromatic carbocycles. The van der Waals surface area contributed by atoms with Crippen LogP contribution in [0.5, 0.6) is 5.75 Å². The smallest absolute Gasteiger partial charge is 0.286 e. The van der Waals surface area contributed by atoms with Crippen LogP contribution >= 0.6 is 0 Å². The molecule has 7 heteroatoms. The zero-order chi connectivity index (χ0) is 15.9. The van der Waals surface area contributed by atoms with Gasteiger partial charge in [0.05, 0.1) is 5.56 Å². The lowest BCUT2D eigenvalue weighted by Gasteiger charge is -2.15. The SMILES string of the molecule is CC(Oc1ccccc1C#N)C(=O)NNC(=O)c1ccc[nH]1. The van der Waals surface area contributed by atoms with Crippen molar-refractivity contribution in [2.75, 3.05) is 0 Å². The number of nitriles is 1. The number of hydrogen-bond donors (Lipinski definition) is 3. The Hall–Kier alpha value is -3.27. The number of para-hydroxylation sites is 1. The monoisotopic (exact) mass is 298 g/mol. The number of nitrogens with one attached hydrogen (secondary N) is 3. The number of rotatable bonds is 4. The van der Waals surface area contributed by atoms with Crippen molar-refractivity contribution in [1.82, 2.24) is 15.8 Å². The van der Waals surface area contributed by atoms with Crippen molar-refractivity contribution in [2.45, 2.75) is 13.0 Å². The molecule has 0 fully saturated rings.